The fraction of sp³-hybridized carbons (Fsp3) is 0.667. The number of ether oxygens (including phenoxy) is 1. The SMILES string of the molecule is CCOCC(O)c1cncn1CC. The first-order chi connectivity index (χ1) is 6.29. The van der Waals surface area contributed by atoms with E-state index in [1.807, 2.05) is 18.4 Å². The lowest BCUT2D eigenvalue weighted by Crippen LogP contribution is -2.11. The van der Waals surface area contributed by atoms with Gasteiger partial charge in [-0.2, -0.15) is 0 Å². The standard InChI is InChI=1S/C9H16N2O2/c1-3-11-7-10-5-8(11)9(12)6-13-4-2/h5,7,9,12H,3-4,6H2,1-2H3. The van der Waals surface area contributed by atoms with Crippen molar-refractivity contribution in [2.75, 3.05) is 13.2 Å². The van der Waals surface area contributed by atoms with Gasteiger partial charge in [0, 0.05) is 13.2 Å². The molecular weight excluding hydrogens is 168 g/mol. The maximum atomic E-state index is 9.67. The third-order valence-electron chi connectivity index (χ3n) is 1.91. The summed E-state index contributed by atoms with van der Waals surface area (Å²) in [7, 11) is 0. The molecule has 0 saturated carbocycles. The summed E-state index contributed by atoms with van der Waals surface area (Å²) < 4.78 is 7.03. The van der Waals surface area contributed by atoms with Crippen LogP contribution in [0.3, 0.4) is 0 Å². The molecule has 1 aromatic heterocycles. The van der Waals surface area contributed by atoms with Crippen molar-refractivity contribution < 1.29 is 9.84 Å². The van der Waals surface area contributed by atoms with Gasteiger partial charge in [0.05, 0.1) is 24.8 Å². The van der Waals surface area contributed by atoms with Crippen LogP contribution >= 0.6 is 0 Å². The van der Waals surface area contributed by atoms with Gasteiger partial charge < -0.3 is 14.4 Å². The third-order valence-corrected chi connectivity index (χ3v) is 1.91. The number of hydrogen-bond donors (Lipinski definition) is 1. The lowest BCUT2D eigenvalue weighted by Gasteiger charge is -2.11. The van der Waals surface area contributed by atoms with E-state index in [-0.39, 0.29) is 0 Å². The highest BCUT2D eigenvalue weighted by molar-refractivity contribution is 5.02. The second-order valence-electron chi connectivity index (χ2n) is 2.78. The number of imidazole rings is 1. The minimum atomic E-state index is -0.567. The Balaban J connectivity index is 2.59. The van der Waals surface area contributed by atoms with Gasteiger partial charge in [-0.3, -0.25) is 0 Å². The molecule has 1 rings (SSSR count). The van der Waals surface area contributed by atoms with Crippen molar-refractivity contribution in [3.8, 4) is 0 Å². The van der Waals surface area contributed by atoms with Crippen LogP contribution < -0.4 is 0 Å². The van der Waals surface area contributed by atoms with E-state index in [2.05, 4.69) is 4.98 Å². The van der Waals surface area contributed by atoms with Crippen LogP contribution in [0.1, 0.15) is 25.6 Å². The van der Waals surface area contributed by atoms with Crippen LogP contribution in [0, 0.1) is 0 Å². The third kappa shape index (κ3) is 2.54. The lowest BCUT2D eigenvalue weighted by atomic mass is 10.3. The topological polar surface area (TPSA) is 47.3 Å². The normalized spacial score (nSPS) is 13.2. The highest BCUT2D eigenvalue weighted by atomic mass is 16.5. The Kier molecular flexibility index (Phi) is 3.92. The van der Waals surface area contributed by atoms with Crippen molar-refractivity contribution in [3.05, 3.63) is 18.2 Å². The molecule has 0 spiro atoms. The van der Waals surface area contributed by atoms with Gasteiger partial charge in [0.15, 0.2) is 0 Å². The zero-order chi connectivity index (χ0) is 9.68. The molecule has 1 heterocycles. The van der Waals surface area contributed by atoms with E-state index in [9.17, 15) is 5.11 Å². The van der Waals surface area contributed by atoms with Gasteiger partial charge in [0.2, 0.25) is 0 Å². The first kappa shape index (κ1) is 10.2. The van der Waals surface area contributed by atoms with Crippen LogP contribution in [-0.2, 0) is 11.3 Å². The zero-order valence-corrected chi connectivity index (χ0v) is 8.10. The van der Waals surface area contributed by atoms with Crippen LogP contribution in [0.15, 0.2) is 12.5 Å². The van der Waals surface area contributed by atoms with Crippen molar-refractivity contribution >= 4 is 0 Å². The van der Waals surface area contributed by atoms with Gasteiger partial charge in [0.1, 0.15) is 6.10 Å². The highest BCUT2D eigenvalue weighted by Crippen LogP contribution is 2.12. The molecular formula is C9H16N2O2. The Morgan fingerprint density at radius 2 is 2.38 bits per heavy atom. The molecule has 4 nitrogen and oxygen atoms in total. The summed E-state index contributed by atoms with van der Waals surface area (Å²) in [4.78, 5) is 3.97. The molecule has 74 valence electrons. The van der Waals surface area contributed by atoms with Crippen molar-refractivity contribution in [2.24, 2.45) is 0 Å². The molecule has 1 aromatic rings. The van der Waals surface area contributed by atoms with Crippen molar-refractivity contribution in [2.45, 2.75) is 26.5 Å². The van der Waals surface area contributed by atoms with Crippen molar-refractivity contribution in [1.82, 2.24) is 9.55 Å². The fourth-order valence-electron chi connectivity index (χ4n) is 1.19. The summed E-state index contributed by atoms with van der Waals surface area (Å²) in [6.07, 6.45) is 2.82. The Morgan fingerprint density at radius 1 is 1.62 bits per heavy atom. The summed E-state index contributed by atoms with van der Waals surface area (Å²) >= 11 is 0. The second-order valence-corrected chi connectivity index (χ2v) is 2.78. The smallest absolute Gasteiger partial charge is 0.119 e. The fourth-order valence-corrected chi connectivity index (χ4v) is 1.19. The lowest BCUT2D eigenvalue weighted by molar-refractivity contribution is 0.0379. The minimum Gasteiger partial charge on any atom is -0.384 e. The molecule has 4 heteroatoms. The first-order valence-electron chi connectivity index (χ1n) is 4.55. The van der Waals surface area contributed by atoms with E-state index < -0.39 is 6.10 Å². The molecule has 0 bridgehead atoms. The van der Waals surface area contributed by atoms with Crippen LogP contribution in [0.5, 0.6) is 0 Å². The molecule has 0 radical (unpaired) electrons. The molecule has 0 fully saturated rings. The zero-order valence-electron chi connectivity index (χ0n) is 8.10. The monoisotopic (exact) mass is 184 g/mol. The van der Waals surface area contributed by atoms with E-state index >= 15 is 0 Å². The van der Waals surface area contributed by atoms with Gasteiger partial charge in [-0.25, -0.2) is 4.98 Å². The number of rotatable bonds is 5. The highest BCUT2D eigenvalue weighted by Gasteiger charge is 2.11. The molecule has 0 saturated heterocycles. The summed E-state index contributed by atoms with van der Waals surface area (Å²) in [6, 6.07) is 0. The van der Waals surface area contributed by atoms with E-state index in [1.165, 1.54) is 0 Å². The molecule has 0 aromatic carbocycles. The number of hydrogen-bond acceptors (Lipinski definition) is 3. The van der Waals surface area contributed by atoms with Gasteiger partial charge in [0.25, 0.3) is 0 Å². The Morgan fingerprint density at radius 3 is 3.00 bits per heavy atom. The van der Waals surface area contributed by atoms with Gasteiger partial charge in [-0.15, -0.1) is 0 Å². The van der Waals surface area contributed by atoms with Crippen molar-refractivity contribution in [1.29, 1.82) is 0 Å². The van der Waals surface area contributed by atoms with Crippen LogP contribution in [0.2, 0.25) is 0 Å². The number of aliphatic hydroxyl groups is 1. The molecule has 0 aliphatic heterocycles. The quantitative estimate of drug-likeness (QED) is 0.741. The van der Waals surface area contributed by atoms with E-state index in [4.69, 9.17) is 4.74 Å². The summed E-state index contributed by atoms with van der Waals surface area (Å²) in [6.45, 7) is 5.69. The maximum Gasteiger partial charge on any atom is 0.119 e. The average molecular weight is 184 g/mol. The Hall–Kier alpha value is -0.870. The number of aromatic nitrogens is 2. The molecule has 0 aliphatic rings. The van der Waals surface area contributed by atoms with Crippen molar-refractivity contribution in [3.63, 3.8) is 0 Å². The summed E-state index contributed by atoms with van der Waals surface area (Å²) in [5.41, 5.74) is 0.816. The molecule has 1 atom stereocenters. The maximum absolute atomic E-state index is 9.67. The number of aliphatic hydroxyl groups excluding tert-OH is 1. The van der Waals surface area contributed by atoms with E-state index in [0.29, 0.717) is 13.2 Å². The van der Waals surface area contributed by atoms with E-state index in [1.54, 1.807) is 12.5 Å². The van der Waals surface area contributed by atoms with Crippen LogP contribution in [-0.4, -0.2) is 27.9 Å². The van der Waals surface area contributed by atoms with Gasteiger partial charge >= 0.3 is 0 Å². The summed E-state index contributed by atoms with van der Waals surface area (Å²) in [5.74, 6) is 0. The minimum absolute atomic E-state index is 0.336. The number of nitrogens with zero attached hydrogens (tertiary/aromatic N) is 2. The van der Waals surface area contributed by atoms with Gasteiger partial charge in [-0.05, 0) is 13.8 Å². The Labute approximate surface area is 78.2 Å². The molecule has 1 N–H and O–H groups in total. The Bertz CT molecular complexity index is 248. The second kappa shape index (κ2) is 4.99. The first-order valence-corrected chi connectivity index (χ1v) is 4.55. The van der Waals surface area contributed by atoms with Crippen LogP contribution in [0.4, 0.5) is 0 Å². The average Bonchev–Trinajstić information content (AvgIpc) is 2.61. The predicted octanol–water partition coefficient (Wildman–Crippen LogP) is 0.973. The molecule has 0 aliphatic carbocycles. The number of aryl methyl sites for hydroxylation is 1. The largest absolute Gasteiger partial charge is 0.384 e. The van der Waals surface area contributed by atoms with Crippen LogP contribution in [0.25, 0.3) is 0 Å². The predicted molar refractivity (Wildman–Crippen MR) is 49.4 cm³/mol. The molecule has 13 heavy (non-hydrogen) atoms. The molecule has 0 amide bonds. The van der Waals surface area contributed by atoms with Gasteiger partial charge in [-0.1, -0.05) is 0 Å². The summed E-state index contributed by atoms with van der Waals surface area (Å²) in [5, 5.41) is 9.67. The van der Waals surface area contributed by atoms with E-state index in [0.717, 1.165) is 12.2 Å². The molecule has 1 unspecified atom stereocenters.